The van der Waals surface area contributed by atoms with Crippen molar-refractivity contribution in [2.24, 2.45) is 5.73 Å². The van der Waals surface area contributed by atoms with E-state index in [4.69, 9.17) is 5.73 Å². The van der Waals surface area contributed by atoms with Gasteiger partial charge in [0.05, 0.1) is 0 Å². The SMILES string of the molecule is NC1=CC=C(c2ccccc2)C1. The molecule has 1 aliphatic rings. The Hall–Kier alpha value is -1.50. The van der Waals surface area contributed by atoms with E-state index in [9.17, 15) is 0 Å². The van der Waals surface area contributed by atoms with Crippen LogP contribution < -0.4 is 5.73 Å². The summed E-state index contributed by atoms with van der Waals surface area (Å²) in [6.45, 7) is 0. The first-order valence-corrected chi connectivity index (χ1v) is 4.07. The number of nitrogens with two attached hydrogens (primary N) is 1. The molecule has 0 heterocycles. The highest BCUT2D eigenvalue weighted by Gasteiger charge is 2.05. The maximum atomic E-state index is 5.67. The van der Waals surface area contributed by atoms with Crippen LogP contribution in [0, 0.1) is 0 Å². The fraction of sp³-hybridized carbons (Fsp3) is 0.0909. The third kappa shape index (κ3) is 1.26. The van der Waals surface area contributed by atoms with Crippen LogP contribution in [-0.2, 0) is 0 Å². The summed E-state index contributed by atoms with van der Waals surface area (Å²) in [4.78, 5) is 0. The van der Waals surface area contributed by atoms with Crippen LogP contribution in [-0.4, -0.2) is 0 Å². The Morgan fingerprint density at radius 2 is 1.75 bits per heavy atom. The fourth-order valence-corrected chi connectivity index (χ4v) is 1.40. The van der Waals surface area contributed by atoms with Crippen LogP contribution >= 0.6 is 0 Å². The maximum absolute atomic E-state index is 5.67. The highest BCUT2D eigenvalue weighted by atomic mass is 14.6. The minimum atomic E-state index is 0.893. The summed E-state index contributed by atoms with van der Waals surface area (Å²) in [5.74, 6) is 0. The van der Waals surface area contributed by atoms with Crippen LogP contribution in [0.3, 0.4) is 0 Å². The zero-order chi connectivity index (χ0) is 8.39. The van der Waals surface area contributed by atoms with Gasteiger partial charge in [-0.1, -0.05) is 36.4 Å². The van der Waals surface area contributed by atoms with Crippen molar-refractivity contribution in [1.29, 1.82) is 0 Å². The average molecular weight is 157 g/mol. The summed E-state index contributed by atoms with van der Waals surface area (Å²) in [5.41, 5.74) is 9.21. The molecule has 2 rings (SSSR count). The molecule has 1 aromatic carbocycles. The minimum Gasteiger partial charge on any atom is -0.402 e. The van der Waals surface area contributed by atoms with Gasteiger partial charge >= 0.3 is 0 Å². The van der Waals surface area contributed by atoms with Crippen molar-refractivity contribution in [1.82, 2.24) is 0 Å². The molecule has 0 aliphatic heterocycles. The lowest BCUT2D eigenvalue weighted by Crippen LogP contribution is -1.93. The largest absolute Gasteiger partial charge is 0.402 e. The van der Waals surface area contributed by atoms with Gasteiger partial charge in [-0.3, -0.25) is 0 Å². The Labute approximate surface area is 72.2 Å². The van der Waals surface area contributed by atoms with Crippen LogP contribution in [0.5, 0.6) is 0 Å². The smallest absolute Gasteiger partial charge is 0.0127 e. The Kier molecular flexibility index (Phi) is 1.71. The summed E-state index contributed by atoms with van der Waals surface area (Å²) < 4.78 is 0. The first-order chi connectivity index (χ1) is 5.86. The Bertz CT molecular complexity index is 333. The molecule has 0 unspecified atom stereocenters. The van der Waals surface area contributed by atoms with E-state index >= 15 is 0 Å². The average Bonchev–Trinajstić information content (AvgIpc) is 2.54. The van der Waals surface area contributed by atoms with Gasteiger partial charge in [-0.25, -0.2) is 0 Å². The van der Waals surface area contributed by atoms with Gasteiger partial charge in [0, 0.05) is 12.1 Å². The summed E-state index contributed by atoms with van der Waals surface area (Å²) in [6, 6.07) is 10.3. The van der Waals surface area contributed by atoms with Crippen molar-refractivity contribution in [3.63, 3.8) is 0 Å². The molecule has 0 bridgehead atoms. The Morgan fingerprint density at radius 3 is 2.33 bits per heavy atom. The molecule has 0 fully saturated rings. The number of benzene rings is 1. The zero-order valence-corrected chi connectivity index (χ0v) is 6.83. The van der Waals surface area contributed by atoms with Gasteiger partial charge in [0.2, 0.25) is 0 Å². The molecule has 0 saturated carbocycles. The standard InChI is InChI=1S/C11H11N/c12-11-7-6-10(8-11)9-4-2-1-3-5-9/h1-7H,8,12H2. The number of allylic oxidation sites excluding steroid dienone is 3. The van der Waals surface area contributed by atoms with Gasteiger partial charge < -0.3 is 5.73 Å². The summed E-state index contributed by atoms with van der Waals surface area (Å²) in [5, 5.41) is 0. The molecule has 60 valence electrons. The minimum absolute atomic E-state index is 0.893. The molecule has 0 spiro atoms. The van der Waals surface area contributed by atoms with E-state index < -0.39 is 0 Å². The van der Waals surface area contributed by atoms with E-state index in [1.807, 2.05) is 24.3 Å². The van der Waals surface area contributed by atoms with E-state index in [-0.39, 0.29) is 0 Å². The molecule has 12 heavy (non-hydrogen) atoms. The molecule has 0 radical (unpaired) electrons. The van der Waals surface area contributed by atoms with Crippen molar-refractivity contribution < 1.29 is 0 Å². The summed E-state index contributed by atoms with van der Waals surface area (Å²) in [6.07, 6.45) is 4.96. The number of rotatable bonds is 1. The van der Waals surface area contributed by atoms with Crippen LogP contribution in [0.25, 0.3) is 5.57 Å². The number of hydrogen-bond donors (Lipinski definition) is 1. The van der Waals surface area contributed by atoms with Crippen LogP contribution in [0.1, 0.15) is 12.0 Å². The van der Waals surface area contributed by atoms with Gasteiger partial charge in [-0.2, -0.15) is 0 Å². The second-order valence-electron chi connectivity index (χ2n) is 2.98. The van der Waals surface area contributed by atoms with Crippen molar-refractivity contribution in [3.8, 4) is 0 Å². The van der Waals surface area contributed by atoms with E-state index in [2.05, 4.69) is 18.2 Å². The molecular formula is C11H11N. The fourth-order valence-electron chi connectivity index (χ4n) is 1.40. The van der Waals surface area contributed by atoms with Crippen molar-refractivity contribution in [3.05, 3.63) is 53.7 Å². The van der Waals surface area contributed by atoms with Gasteiger partial charge in [-0.05, 0) is 17.2 Å². The normalized spacial score (nSPS) is 15.7. The van der Waals surface area contributed by atoms with E-state index in [1.165, 1.54) is 11.1 Å². The van der Waals surface area contributed by atoms with Gasteiger partial charge in [0.25, 0.3) is 0 Å². The molecule has 0 amide bonds. The molecule has 0 saturated heterocycles. The molecule has 2 N–H and O–H groups in total. The van der Waals surface area contributed by atoms with Crippen molar-refractivity contribution >= 4 is 5.57 Å². The van der Waals surface area contributed by atoms with Crippen LogP contribution in [0.15, 0.2) is 48.2 Å². The topological polar surface area (TPSA) is 26.0 Å². The third-order valence-corrected chi connectivity index (χ3v) is 2.04. The molecule has 1 nitrogen and oxygen atoms in total. The van der Waals surface area contributed by atoms with Gasteiger partial charge in [0.15, 0.2) is 0 Å². The predicted octanol–water partition coefficient (Wildman–Crippen LogP) is 2.32. The van der Waals surface area contributed by atoms with Crippen molar-refractivity contribution in [2.45, 2.75) is 6.42 Å². The third-order valence-electron chi connectivity index (χ3n) is 2.04. The Morgan fingerprint density at radius 1 is 1.00 bits per heavy atom. The van der Waals surface area contributed by atoms with Gasteiger partial charge in [-0.15, -0.1) is 0 Å². The second-order valence-corrected chi connectivity index (χ2v) is 2.98. The van der Waals surface area contributed by atoms with E-state index in [0.29, 0.717) is 0 Å². The first kappa shape index (κ1) is 7.17. The molecule has 1 aliphatic carbocycles. The summed E-state index contributed by atoms with van der Waals surface area (Å²) >= 11 is 0. The lowest BCUT2D eigenvalue weighted by molar-refractivity contribution is 1.21. The molecule has 1 aromatic rings. The summed E-state index contributed by atoms with van der Waals surface area (Å²) in [7, 11) is 0. The van der Waals surface area contributed by atoms with E-state index in [0.717, 1.165) is 12.1 Å². The lowest BCUT2D eigenvalue weighted by Gasteiger charge is -2.01. The first-order valence-electron chi connectivity index (χ1n) is 4.07. The van der Waals surface area contributed by atoms with Crippen LogP contribution in [0.4, 0.5) is 0 Å². The quantitative estimate of drug-likeness (QED) is 0.665. The van der Waals surface area contributed by atoms with E-state index in [1.54, 1.807) is 0 Å². The molecule has 1 heteroatoms. The van der Waals surface area contributed by atoms with Crippen molar-refractivity contribution in [2.75, 3.05) is 0 Å². The zero-order valence-electron chi connectivity index (χ0n) is 6.83. The lowest BCUT2D eigenvalue weighted by atomic mass is 10.1. The highest BCUT2D eigenvalue weighted by Crippen LogP contribution is 2.24. The highest BCUT2D eigenvalue weighted by molar-refractivity contribution is 5.71. The van der Waals surface area contributed by atoms with Crippen LogP contribution in [0.2, 0.25) is 0 Å². The van der Waals surface area contributed by atoms with Gasteiger partial charge in [0.1, 0.15) is 0 Å². The number of hydrogen-bond acceptors (Lipinski definition) is 1. The molecular weight excluding hydrogens is 146 g/mol. The second kappa shape index (κ2) is 2.86. The maximum Gasteiger partial charge on any atom is 0.0127 e. The monoisotopic (exact) mass is 157 g/mol. The molecule has 0 atom stereocenters. The predicted molar refractivity (Wildman–Crippen MR) is 51.3 cm³/mol. The molecule has 0 aromatic heterocycles. The Balaban J connectivity index is 2.25.